The summed E-state index contributed by atoms with van der Waals surface area (Å²) >= 11 is 7.46. The molecule has 0 aliphatic carbocycles. The number of anilines is 1. The fourth-order valence-electron chi connectivity index (χ4n) is 1.90. The Bertz CT molecular complexity index is 794. The number of fused-ring (bicyclic) bond motifs is 2. The molecule has 0 atom stereocenters. The topological polar surface area (TPSA) is 43.1 Å². The third kappa shape index (κ3) is 1.59. The van der Waals surface area contributed by atoms with Gasteiger partial charge >= 0.3 is 0 Å². The maximum atomic E-state index is 12.3. The van der Waals surface area contributed by atoms with Gasteiger partial charge in [0.2, 0.25) is 0 Å². The summed E-state index contributed by atoms with van der Waals surface area (Å²) in [7, 11) is 0. The lowest BCUT2D eigenvalue weighted by Gasteiger charge is -2.03. The Labute approximate surface area is 106 Å². The van der Waals surface area contributed by atoms with Crippen LogP contribution in [0, 0.1) is 0 Å². The SMILES string of the molecule is Nc1cccc2sc3cc(Cl)ccc3c(=O)c12. The molecule has 2 N–H and O–H groups in total. The molecule has 1 aromatic heterocycles. The van der Waals surface area contributed by atoms with Gasteiger partial charge in [0.05, 0.1) is 5.39 Å². The fourth-order valence-corrected chi connectivity index (χ4v) is 3.29. The summed E-state index contributed by atoms with van der Waals surface area (Å²) in [5.41, 5.74) is 6.36. The largest absolute Gasteiger partial charge is 0.398 e. The van der Waals surface area contributed by atoms with Crippen molar-refractivity contribution in [3.63, 3.8) is 0 Å². The van der Waals surface area contributed by atoms with Crippen LogP contribution in [0.2, 0.25) is 5.02 Å². The van der Waals surface area contributed by atoms with Gasteiger partial charge in [0.1, 0.15) is 0 Å². The summed E-state index contributed by atoms with van der Waals surface area (Å²) in [4.78, 5) is 12.3. The first-order valence-electron chi connectivity index (χ1n) is 5.07. The van der Waals surface area contributed by atoms with E-state index in [1.807, 2.05) is 18.2 Å². The molecule has 4 heteroatoms. The average molecular weight is 262 g/mol. The van der Waals surface area contributed by atoms with Gasteiger partial charge in [0.25, 0.3) is 0 Å². The number of halogens is 1. The molecule has 0 unspecified atom stereocenters. The van der Waals surface area contributed by atoms with E-state index in [0.717, 1.165) is 9.40 Å². The molecule has 0 amide bonds. The second-order valence-corrected chi connectivity index (χ2v) is 5.31. The van der Waals surface area contributed by atoms with Crippen molar-refractivity contribution in [2.45, 2.75) is 0 Å². The second kappa shape index (κ2) is 3.72. The summed E-state index contributed by atoms with van der Waals surface area (Å²) in [5, 5.41) is 1.91. The van der Waals surface area contributed by atoms with Crippen LogP contribution in [0.3, 0.4) is 0 Å². The predicted molar refractivity (Wildman–Crippen MR) is 75.0 cm³/mol. The zero-order chi connectivity index (χ0) is 12.0. The van der Waals surface area contributed by atoms with Crippen LogP contribution in [0.15, 0.2) is 41.2 Å². The molecule has 0 aliphatic rings. The van der Waals surface area contributed by atoms with Crippen molar-refractivity contribution in [3.8, 4) is 0 Å². The molecular weight excluding hydrogens is 254 g/mol. The van der Waals surface area contributed by atoms with E-state index in [1.165, 1.54) is 11.3 Å². The lowest BCUT2D eigenvalue weighted by Crippen LogP contribution is -2.03. The van der Waals surface area contributed by atoms with Crippen LogP contribution in [-0.2, 0) is 0 Å². The molecule has 1 heterocycles. The number of hydrogen-bond donors (Lipinski definition) is 1. The maximum Gasteiger partial charge on any atom is 0.197 e. The molecule has 17 heavy (non-hydrogen) atoms. The first-order chi connectivity index (χ1) is 8.16. The van der Waals surface area contributed by atoms with E-state index in [1.54, 1.807) is 18.2 Å². The van der Waals surface area contributed by atoms with E-state index in [-0.39, 0.29) is 5.43 Å². The minimum atomic E-state index is -0.0245. The number of hydrogen-bond acceptors (Lipinski definition) is 3. The van der Waals surface area contributed by atoms with E-state index >= 15 is 0 Å². The Morgan fingerprint density at radius 3 is 2.76 bits per heavy atom. The molecule has 2 nitrogen and oxygen atoms in total. The van der Waals surface area contributed by atoms with Crippen molar-refractivity contribution in [2.75, 3.05) is 5.73 Å². The Morgan fingerprint density at radius 2 is 1.94 bits per heavy atom. The van der Waals surface area contributed by atoms with Gasteiger partial charge in [0.15, 0.2) is 5.43 Å². The third-order valence-corrected chi connectivity index (χ3v) is 4.05. The van der Waals surface area contributed by atoms with Crippen LogP contribution in [0.1, 0.15) is 0 Å². The van der Waals surface area contributed by atoms with Crippen molar-refractivity contribution in [3.05, 3.63) is 51.6 Å². The third-order valence-electron chi connectivity index (χ3n) is 2.69. The number of rotatable bonds is 0. The Kier molecular flexibility index (Phi) is 2.31. The van der Waals surface area contributed by atoms with E-state index < -0.39 is 0 Å². The van der Waals surface area contributed by atoms with Crippen molar-refractivity contribution >= 4 is 48.8 Å². The normalized spacial score (nSPS) is 11.1. The minimum absolute atomic E-state index is 0.0245. The smallest absolute Gasteiger partial charge is 0.197 e. The quantitative estimate of drug-likeness (QED) is 0.496. The zero-order valence-corrected chi connectivity index (χ0v) is 10.3. The minimum Gasteiger partial charge on any atom is -0.398 e. The van der Waals surface area contributed by atoms with Crippen molar-refractivity contribution in [1.29, 1.82) is 0 Å². The van der Waals surface area contributed by atoms with Gasteiger partial charge in [0, 0.05) is 25.5 Å². The van der Waals surface area contributed by atoms with Gasteiger partial charge in [-0.2, -0.15) is 0 Å². The maximum absolute atomic E-state index is 12.3. The van der Waals surface area contributed by atoms with E-state index in [4.69, 9.17) is 17.3 Å². The average Bonchev–Trinajstić information content (AvgIpc) is 2.28. The van der Waals surface area contributed by atoms with Crippen LogP contribution < -0.4 is 11.2 Å². The van der Waals surface area contributed by atoms with Crippen LogP contribution in [0.25, 0.3) is 20.2 Å². The molecule has 3 aromatic rings. The monoisotopic (exact) mass is 261 g/mol. The van der Waals surface area contributed by atoms with Crippen LogP contribution in [-0.4, -0.2) is 0 Å². The summed E-state index contributed by atoms with van der Waals surface area (Å²) < 4.78 is 1.78. The highest BCUT2D eigenvalue weighted by atomic mass is 35.5. The molecular formula is C13H8ClNOS. The lowest BCUT2D eigenvalue weighted by molar-refractivity contribution is 1.73. The highest BCUT2D eigenvalue weighted by Crippen LogP contribution is 2.29. The van der Waals surface area contributed by atoms with Gasteiger partial charge < -0.3 is 5.73 Å². The van der Waals surface area contributed by atoms with Gasteiger partial charge in [-0.1, -0.05) is 17.7 Å². The molecule has 0 spiro atoms. The van der Waals surface area contributed by atoms with E-state index in [9.17, 15) is 4.79 Å². The fraction of sp³-hybridized carbons (Fsp3) is 0. The van der Waals surface area contributed by atoms with Crippen LogP contribution in [0.5, 0.6) is 0 Å². The lowest BCUT2D eigenvalue weighted by atomic mass is 10.1. The highest BCUT2D eigenvalue weighted by Gasteiger charge is 2.08. The van der Waals surface area contributed by atoms with Crippen molar-refractivity contribution in [1.82, 2.24) is 0 Å². The zero-order valence-electron chi connectivity index (χ0n) is 8.74. The van der Waals surface area contributed by atoms with Crippen molar-refractivity contribution in [2.24, 2.45) is 0 Å². The molecule has 3 rings (SSSR count). The summed E-state index contributed by atoms with van der Waals surface area (Å²) in [5.74, 6) is 0. The Morgan fingerprint density at radius 1 is 1.12 bits per heavy atom. The summed E-state index contributed by atoms with van der Waals surface area (Å²) in [6.07, 6.45) is 0. The second-order valence-electron chi connectivity index (χ2n) is 3.79. The molecule has 84 valence electrons. The van der Waals surface area contributed by atoms with Gasteiger partial charge in [-0.3, -0.25) is 4.79 Å². The molecule has 0 bridgehead atoms. The summed E-state index contributed by atoms with van der Waals surface area (Å²) in [6, 6.07) is 10.8. The standard InChI is InChI=1S/C13H8ClNOS/c14-7-4-5-8-11(6-7)17-10-3-1-2-9(15)12(10)13(8)16/h1-6H,15H2. The molecule has 0 fully saturated rings. The first-order valence-corrected chi connectivity index (χ1v) is 6.27. The van der Waals surface area contributed by atoms with Crippen LogP contribution in [0.4, 0.5) is 5.69 Å². The van der Waals surface area contributed by atoms with Crippen molar-refractivity contribution < 1.29 is 0 Å². The molecule has 0 radical (unpaired) electrons. The Balaban J connectivity index is 2.62. The van der Waals surface area contributed by atoms with Gasteiger partial charge in [-0.05, 0) is 30.3 Å². The van der Waals surface area contributed by atoms with E-state index in [2.05, 4.69) is 0 Å². The number of benzene rings is 2. The molecule has 0 aliphatic heterocycles. The molecule has 2 aromatic carbocycles. The van der Waals surface area contributed by atoms with Crippen LogP contribution >= 0.6 is 22.9 Å². The highest BCUT2D eigenvalue weighted by molar-refractivity contribution is 7.24. The van der Waals surface area contributed by atoms with Gasteiger partial charge in [-0.15, -0.1) is 11.3 Å². The molecule has 0 saturated carbocycles. The first kappa shape index (κ1) is 10.6. The number of nitrogens with two attached hydrogens (primary N) is 1. The molecule has 0 saturated heterocycles. The Hall–Kier alpha value is -1.58. The number of nitrogen functional groups attached to an aromatic ring is 1. The summed E-state index contributed by atoms with van der Waals surface area (Å²) in [6.45, 7) is 0. The predicted octanol–water partition coefficient (Wildman–Crippen LogP) is 3.65. The van der Waals surface area contributed by atoms with E-state index in [0.29, 0.717) is 21.5 Å². The van der Waals surface area contributed by atoms with Gasteiger partial charge in [-0.25, -0.2) is 0 Å².